The summed E-state index contributed by atoms with van der Waals surface area (Å²) >= 11 is 7.66. The Hall–Kier alpha value is -2.03. The molecule has 0 bridgehead atoms. The molecule has 1 aliphatic carbocycles. The van der Waals surface area contributed by atoms with E-state index in [1.165, 1.54) is 0 Å². The van der Waals surface area contributed by atoms with Gasteiger partial charge in [-0.1, -0.05) is 30.7 Å². The molecular formula is C21H24ClN5O2S. The highest BCUT2D eigenvalue weighted by Crippen LogP contribution is 2.41. The number of rotatable bonds is 5. The van der Waals surface area contributed by atoms with E-state index in [2.05, 4.69) is 10.3 Å². The number of thiazole rings is 1. The van der Waals surface area contributed by atoms with Gasteiger partial charge in [0.15, 0.2) is 0 Å². The number of aliphatic hydroxyl groups is 1. The summed E-state index contributed by atoms with van der Waals surface area (Å²) in [5.74, 6) is 0.479. The zero-order valence-corrected chi connectivity index (χ0v) is 18.5. The predicted octanol–water partition coefficient (Wildman–Crippen LogP) is 3.95. The van der Waals surface area contributed by atoms with E-state index in [9.17, 15) is 9.90 Å². The molecule has 158 valence electrons. The molecule has 0 radical (unpaired) electrons. The van der Waals surface area contributed by atoms with Crippen molar-refractivity contribution >= 4 is 39.1 Å². The van der Waals surface area contributed by atoms with Crippen LogP contribution in [0.25, 0.3) is 10.2 Å². The van der Waals surface area contributed by atoms with E-state index in [1.807, 2.05) is 38.2 Å². The highest BCUT2D eigenvalue weighted by molar-refractivity contribution is 7.18. The number of carbonyl (C=O) groups excluding carboxylic acids is 1. The van der Waals surface area contributed by atoms with E-state index < -0.39 is 12.1 Å². The summed E-state index contributed by atoms with van der Waals surface area (Å²) in [6.45, 7) is 4.33. The Morgan fingerprint density at radius 1 is 1.33 bits per heavy atom. The predicted molar refractivity (Wildman–Crippen MR) is 116 cm³/mol. The van der Waals surface area contributed by atoms with Crippen molar-refractivity contribution < 1.29 is 9.90 Å². The summed E-state index contributed by atoms with van der Waals surface area (Å²) in [5.41, 5.74) is 1.79. The van der Waals surface area contributed by atoms with Crippen molar-refractivity contribution in [3.05, 3.63) is 40.1 Å². The normalized spacial score (nSPS) is 22.9. The molecule has 1 amide bonds. The van der Waals surface area contributed by atoms with Crippen LogP contribution in [0.3, 0.4) is 0 Å². The number of halogens is 1. The number of nitrogens with zero attached hydrogens (tertiary/aromatic N) is 5. The van der Waals surface area contributed by atoms with E-state index in [-0.39, 0.29) is 17.9 Å². The molecule has 5 rings (SSSR count). The maximum atomic E-state index is 13.7. The van der Waals surface area contributed by atoms with Crippen LogP contribution in [0.15, 0.2) is 24.4 Å². The molecule has 3 heterocycles. The highest BCUT2D eigenvalue weighted by Gasteiger charge is 2.41. The van der Waals surface area contributed by atoms with E-state index in [1.54, 1.807) is 20.9 Å². The number of hydrogen-bond donors (Lipinski definition) is 1. The molecule has 9 heteroatoms. The number of β-amino-alcohol motifs (C(OH)–C–C–N with tert-alkyl or cyclic N) is 1. The topological polar surface area (TPSA) is 84.1 Å². The monoisotopic (exact) mass is 445 g/mol. The van der Waals surface area contributed by atoms with Crippen LogP contribution in [0, 0.1) is 5.92 Å². The van der Waals surface area contributed by atoms with E-state index >= 15 is 0 Å². The minimum atomic E-state index is -0.569. The lowest BCUT2D eigenvalue weighted by molar-refractivity contribution is -0.137. The first-order valence-corrected chi connectivity index (χ1v) is 11.6. The first-order valence-electron chi connectivity index (χ1n) is 10.4. The molecule has 1 aliphatic heterocycles. The molecule has 2 aliphatic rings. The van der Waals surface area contributed by atoms with Gasteiger partial charge in [-0.25, -0.2) is 9.67 Å². The van der Waals surface area contributed by atoms with Crippen LogP contribution >= 0.6 is 22.9 Å². The van der Waals surface area contributed by atoms with Gasteiger partial charge in [-0.05, 0) is 37.0 Å². The fourth-order valence-corrected chi connectivity index (χ4v) is 5.46. The van der Waals surface area contributed by atoms with Crippen molar-refractivity contribution in [1.82, 2.24) is 24.9 Å². The average molecular weight is 446 g/mol. The third kappa shape index (κ3) is 3.61. The van der Waals surface area contributed by atoms with E-state index in [0.29, 0.717) is 23.9 Å². The van der Waals surface area contributed by atoms with E-state index in [4.69, 9.17) is 16.6 Å². The smallest absolute Gasteiger partial charge is 0.248 e. The summed E-state index contributed by atoms with van der Waals surface area (Å²) in [6, 6.07) is 4.91. The molecule has 2 fully saturated rings. The van der Waals surface area contributed by atoms with Gasteiger partial charge in [0.1, 0.15) is 11.0 Å². The largest absolute Gasteiger partial charge is 0.391 e. The van der Waals surface area contributed by atoms with Crippen LogP contribution in [-0.2, 0) is 4.79 Å². The molecule has 2 aromatic heterocycles. The Morgan fingerprint density at radius 2 is 2.13 bits per heavy atom. The van der Waals surface area contributed by atoms with Crippen LogP contribution in [0.4, 0.5) is 0 Å². The maximum absolute atomic E-state index is 13.7. The van der Waals surface area contributed by atoms with Gasteiger partial charge >= 0.3 is 0 Å². The van der Waals surface area contributed by atoms with Crippen LogP contribution in [0.1, 0.15) is 61.8 Å². The Labute approximate surface area is 183 Å². The zero-order valence-electron chi connectivity index (χ0n) is 16.9. The third-order valence-electron chi connectivity index (χ3n) is 5.91. The Morgan fingerprint density at radius 3 is 2.87 bits per heavy atom. The van der Waals surface area contributed by atoms with Gasteiger partial charge in [0.05, 0.1) is 28.1 Å². The Bertz CT molecular complexity index is 1090. The van der Waals surface area contributed by atoms with Crippen molar-refractivity contribution in [2.45, 2.75) is 57.2 Å². The molecule has 0 spiro atoms. The summed E-state index contributed by atoms with van der Waals surface area (Å²) in [7, 11) is 0. The van der Waals surface area contributed by atoms with Crippen LogP contribution in [-0.4, -0.2) is 48.5 Å². The lowest BCUT2D eigenvalue weighted by Crippen LogP contribution is -2.40. The molecular weight excluding hydrogens is 422 g/mol. The van der Waals surface area contributed by atoms with Crippen LogP contribution < -0.4 is 0 Å². The van der Waals surface area contributed by atoms with Crippen molar-refractivity contribution in [3.8, 4) is 0 Å². The van der Waals surface area contributed by atoms with Gasteiger partial charge in [-0.2, -0.15) is 0 Å². The number of benzene rings is 1. The van der Waals surface area contributed by atoms with Gasteiger partial charge < -0.3 is 10.0 Å². The zero-order chi connectivity index (χ0) is 21.0. The molecule has 3 atom stereocenters. The summed E-state index contributed by atoms with van der Waals surface area (Å²) in [5, 5.41) is 20.4. The first kappa shape index (κ1) is 19.9. The molecule has 30 heavy (non-hydrogen) atoms. The van der Waals surface area contributed by atoms with Gasteiger partial charge in [0.2, 0.25) is 5.91 Å². The molecule has 1 aromatic carbocycles. The number of aromatic nitrogens is 4. The fourth-order valence-electron chi connectivity index (χ4n) is 4.22. The van der Waals surface area contributed by atoms with Gasteiger partial charge in [0, 0.05) is 30.1 Å². The van der Waals surface area contributed by atoms with Crippen molar-refractivity contribution in [2.75, 3.05) is 6.54 Å². The first-order chi connectivity index (χ1) is 14.4. The number of hydrogen-bond acceptors (Lipinski definition) is 6. The minimum Gasteiger partial charge on any atom is -0.391 e. The summed E-state index contributed by atoms with van der Waals surface area (Å²) in [6.07, 6.45) is 4.11. The number of aliphatic hydroxyl groups excluding tert-OH is 1. The third-order valence-corrected chi connectivity index (χ3v) is 7.28. The number of amides is 1. The number of likely N-dealkylation sites (tertiary alicyclic amines) is 1. The maximum Gasteiger partial charge on any atom is 0.248 e. The molecule has 1 N–H and O–H groups in total. The molecule has 0 unspecified atom stereocenters. The van der Waals surface area contributed by atoms with Crippen LogP contribution in [0.2, 0.25) is 5.02 Å². The van der Waals surface area contributed by atoms with Gasteiger partial charge in [0.25, 0.3) is 0 Å². The standard InChI is InChI=1S/C21H24ClN5O2S/c1-11(2)19(27-10-16(24-25-27)12-3-4-12)21(29)26-9-14(28)8-17(26)20-23-15-7-13(22)5-6-18(15)30-20/h5-7,10-12,14,17,19,28H,3-4,8-9H2,1-2H3/t14-,17+,19+/m1/s1. The van der Waals surface area contributed by atoms with Crippen molar-refractivity contribution in [3.63, 3.8) is 0 Å². The second-order valence-corrected chi connectivity index (χ2v) is 10.1. The Balaban J connectivity index is 1.46. The average Bonchev–Trinajstić information content (AvgIpc) is 3.10. The second kappa shape index (κ2) is 7.59. The SMILES string of the molecule is CC(C)[C@@H](C(=O)N1C[C@H](O)C[C@H]1c1nc2cc(Cl)ccc2s1)n1cc(C2CC2)nn1. The molecule has 7 nitrogen and oxygen atoms in total. The lowest BCUT2D eigenvalue weighted by atomic mass is 10.0. The fraction of sp³-hybridized carbons (Fsp3) is 0.524. The van der Waals surface area contributed by atoms with Gasteiger partial charge in [-0.15, -0.1) is 16.4 Å². The number of carbonyl (C=O) groups is 1. The quantitative estimate of drug-likeness (QED) is 0.642. The molecule has 1 saturated heterocycles. The highest BCUT2D eigenvalue weighted by atomic mass is 35.5. The minimum absolute atomic E-state index is 0.0406. The molecule has 3 aromatic rings. The Kier molecular flexibility index (Phi) is 5.03. The molecule has 1 saturated carbocycles. The van der Waals surface area contributed by atoms with Crippen molar-refractivity contribution in [2.24, 2.45) is 5.92 Å². The van der Waals surface area contributed by atoms with Gasteiger partial charge in [-0.3, -0.25) is 4.79 Å². The summed E-state index contributed by atoms with van der Waals surface area (Å²) < 4.78 is 2.73. The second-order valence-electron chi connectivity index (χ2n) is 8.65. The van der Waals surface area contributed by atoms with E-state index in [0.717, 1.165) is 33.8 Å². The van der Waals surface area contributed by atoms with Crippen molar-refractivity contribution in [1.29, 1.82) is 0 Å². The van der Waals surface area contributed by atoms with Crippen LogP contribution in [0.5, 0.6) is 0 Å². The number of fused-ring (bicyclic) bond motifs is 1. The lowest BCUT2D eigenvalue weighted by Gasteiger charge is -2.29. The summed E-state index contributed by atoms with van der Waals surface area (Å²) in [4.78, 5) is 20.2.